The highest BCUT2D eigenvalue weighted by molar-refractivity contribution is 5.75. The van der Waals surface area contributed by atoms with Gasteiger partial charge in [0, 0.05) is 39.2 Å². The van der Waals surface area contributed by atoms with Crippen LogP contribution in [-0.4, -0.2) is 49.1 Å². The highest BCUT2D eigenvalue weighted by atomic mass is 16.5. The van der Waals surface area contributed by atoms with Gasteiger partial charge in [0.15, 0.2) is 0 Å². The molecule has 2 atom stereocenters. The maximum atomic E-state index is 11.5. The van der Waals surface area contributed by atoms with Gasteiger partial charge in [-0.05, 0) is 20.3 Å². The Morgan fingerprint density at radius 3 is 3.00 bits per heavy atom. The smallest absolute Gasteiger partial charge is 0.220 e. The quantitative estimate of drug-likeness (QED) is 0.639. The van der Waals surface area contributed by atoms with Gasteiger partial charge in [-0.2, -0.15) is 0 Å². The number of nitrogens with one attached hydrogen (secondary N) is 1. The van der Waals surface area contributed by atoms with Crippen molar-refractivity contribution in [2.45, 2.75) is 44.8 Å². The summed E-state index contributed by atoms with van der Waals surface area (Å²) in [6.07, 6.45) is 1.51. The van der Waals surface area contributed by atoms with Gasteiger partial charge in [-0.25, -0.2) is 0 Å². The summed E-state index contributed by atoms with van der Waals surface area (Å²) in [7, 11) is 0. The van der Waals surface area contributed by atoms with E-state index in [1.54, 1.807) is 0 Å². The highest BCUT2D eigenvalue weighted by Gasteiger charge is 2.39. The second-order valence-corrected chi connectivity index (χ2v) is 4.44. The first kappa shape index (κ1) is 14.4. The van der Waals surface area contributed by atoms with Crippen LogP contribution in [0.1, 0.15) is 33.1 Å². The topological polar surface area (TPSA) is 67.8 Å². The molecule has 1 aliphatic heterocycles. The van der Waals surface area contributed by atoms with Crippen LogP contribution >= 0.6 is 0 Å². The van der Waals surface area contributed by atoms with Crippen molar-refractivity contribution in [3.05, 3.63) is 0 Å². The molecule has 5 nitrogen and oxygen atoms in total. The maximum absolute atomic E-state index is 11.5. The van der Waals surface area contributed by atoms with Crippen LogP contribution in [0.4, 0.5) is 0 Å². The number of carbonyl (C=O) groups excluding carboxylic acids is 1. The largest absolute Gasteiger partial charge is 0.385 e. The van der Waals surface area contributed by atoms with E-state index < -0.39 is 5.60 Å². The van der Waals surface area contributed by atoms with E-state index in [9.17, 15) is 9.90 Å². The Labute approximate surface area is 102 Å². The fourth-order valence-electron chi connectivity index (χ4n) is 1.82. The first-order valence-corrected chi connectivity index (χ1v) is 6.27. The average Bonchev–Trinajstić information content (AvgIpc) is 2.63. The number of hydrogen-bond acceptors (Lipinski definition) is 4. The van der Waals surface area contributed by atoms with Crippen LogP contribution in [0.2, 0.25) is 0 Å². The van der Waals surface area contributed by atoms with Crippen molar-refractivity contribution < 1.29 is 19.4 Å². The highest BCUT2D eigenvalue weighted by Crippen LogP contribution is 2.24. The van der Waals surface area contributed by atoms with Crippen molar-refractivity contribution >= 4 is 5.91 Å². The molecule has 1 rings (SSSR count). The molecule has 5 heteroatoms. The van der Waals surface area contributed by atoms with E-state index in [-0.39, 0.29) is 18.6 Å². The van der Waals surface area contributed by atoms with Gasteiger partial charge in [-0.15, -0.1) is 0 Å². The summed E-state index contributed by atoms with van der Waals surface area (Å²) in [6, 6.07) is 0. The van der Waals surface area contributed by atoms with Gasteiger partial charge in [-0.3, -0.25) is 4.79 Å². The zero-order valence-electron chi connectivity index (χ0n) is 10.7. The molecule has 0 aromatic rings. The maximum Gasteiger partial charge on any atom is 0.220 e. The summed E-state index contributed by atoms with van der Waals surface area (Å²) in [4.78, 5) is 11.5. The molecule has 1 amide bonds. The molecule has 0 aromatic heterocycles. The first-order valence-electron chi connectivity index (χ1n) is 6.27. The fourth-order valence-corrected chi connectivity index (χ4v) is 1.82. The number of rotatable bonds is 7. The van der Waals surface area contributed by atoms with Crippen molar-refractivity contribution in [2.75, 3.05) is 26.4 Å². The van der Waals surface area contributed by atoms with Gasteiger partial charge in [0.2, 0.25) is 5.91 Å². The standard InChI is InChI=1S/C12H23NO4/c1-3-16-7-4-5-11(14)13-9-12(15)6-8-17-10(12)2/h10,15H,3-9H2,1-2H3,(H,13,14). The molecule has 0 aliphatic carbocycles. The zero-order valence-corrected chi connectivity index (χ0v) is 10.7. The Hall–Kier alpha value is -0.650. The molecule has 100 valence electrons. The molecular weight excluding hydrogens is 222 g/mol. The lowest BCUT2D eigenvalue weighted by molar-refractivity contribution is -0.123. The number of carbonyl (C=O) groups is 1. The summed E-state index contributed by atoms with van der Waals surface area (Å²) in [5.74, 6) is -0.0442. The molecule has 0 aromatic carbocycles. The molecular formula is C12H23NO4. The third-order valence-electron chi connectivity index (χ3n) is 3.15. The second kappa shape index (κ2) is 6.93. The molecule has 2 N–H and O–H groups in total. The fraction of sp³-hybridized carbons (Fsp3) is 0.917. The minimum Gasteiger partial charge on any atom is -0.385 e. The molecule has 17 heavy (non-hydrogen) atoms. The Balaban J connectivity index is 2.15. The molecule has 0 spiro atoms. The van der Waals surface area contributed by atoms with E-state index in [0.717, 1.165) is 0 Å². The van der Waals surface area contributed by atoms with Crippen LogP contribution in [0.25, 0.3) is 0 Å². The van der Waals surface area contributed by atoms with Gasteiger partial charge in [0.25, 0.3) is 0 Å². The molecule has 2 unspecified atom stereocenters. The predicted octanol–water partition coefficient (Wildman–Crippen LogP) is 0.459. The third-order valence-corrected chi connectivity index (χ3v) is 3.15. The number of amides is 1. The molecule has 1 saturated heterocycles. The van der Waals surface area contributed by atoms with Crippen molar-refractivity contribution in [3.63, 3.8) is 0 Å². The van der Waals surface area contributed by atoms with Crippen molar-refractivity contribution in [2.24, 2.45) is 0 Å². The van der Waals surface area contributed by atoms with Gasteiger partial charge in [-0.1, -0.05) is 0 Å². The molecule has 0 bridgehead atoms. The SMILES string of the molecule is CCOCCCC(=O)NCC1(O)CCOC1C. The minimum absolute atomic E-state index is 0.0442. The lowest BCUT2D eigenvalue weighted by Gasteiger charge is -2.26. The number of ether oxygens (including phenoxy) is 2. The normalized spacial score (nSPS) is 28.3. The predicted molar refractivity (Wildman–Crippen MR) is 63.7 cm³/mol. The average molecular weight is 245 g/mol. The van der Waals surface area contributed by atoms with E-state index in [4.69, 9.17) is 9.47 Å². The van der Waals surface area contributed by atoms with Gasteiger partial charge >= 0.3 is 0 Å². The van der Waals surface area contributed by atoms with E-state index in [1.807, 2.05) is 13.8 Å². The number of aliphatic hydroxyl groups is 1. The van der Waals surface area contributed by atoms with Crippen LogP contribution < -0.4 is 5.32 Å². The van der Waals surface area contributed by atoms with Crippen LogP contribution in [0.3, 0.4) is 0 Å². The Morgan fingerprint density at radius 2 is 2.41 bits per heavy atom. The Bertz CT molecular complexity index is 247. The molecule has 0 saturated carbocycles. The molecule has 1 heterocycles. The first-order chi connectivity index (χ1) is 8.08. The van der Waals surface area contributed by atoms with Crippen LogP contribution in [0, 0.1) is 0 Å². The van der Waals surface area contributed by atoms with Crippen LogP contribution in [0.5, 0.6) is 0 Å². The van der Waals surface area contributed by atoms with Crippen LogP contribution in [0.15, 0.2) is 0 Å². The second-order valence-electron chi connectivity index (χ2n) is 4.44. The third kappa shape index (κ3) is 4.61. The molecule has 0 radical (unpaired) electrons. The number of hydrogen-bond donors (Lipinski definition) is 2. The van der Waals surface area contributed by atoms with Gasteiger partial charge < -0.3 is 19.9 Å². The summed E-state index contributed by atoms with van der Waals surface area (Å²) >= 11 is 0. The lowest BCUT2D eigenvalue weighted by atomic mass is 9.97. The van der Waals surface area contributed by atoms with Gasteiger partial charge in [0.1, 0.15) is 5.60 Å². The summed E-state index contributed by atoms with van der Waals surface area (Å²) < 4.78 is 10.4. The van der Waals surface area contributed by atoms with Crippen LogP contribution in [-0.2, 0) is 14.3 Å². The van der Waals surface area contributed by atoms with Crippen molar-refractivity contribution in [3.8, 4) is 0 Å². The monoisotopic (exact) mass is 245 g/mol. The summed E-state index contributed by atoms with van der Waals surface area (Å²) in [5.41, 5.74) is -0.907. The van der Waals surface area contributed by atoms with Crippen molar-refractivity contribution in [1.82, 2.24) is 5.32 Å². The Morgan fingerprint density at radius 1 is 1.65 bits per heavy atom. The van der Waals surface area contributed by atoms with E-state index >= 15 is 0 Å². The van der Waals surface area contributed by atoms with Crippen molar-refractivity contribution in [1.29, 1.82) is 0 Å². The van der Waals surface area contributed by atoms with Gasteiger partial charge in [0.05, 0.1) is 6.10 Å². The molecule has 1 fully saturated rings. The van der Waals surface area contributed by atoms with E-state index in [1.165, 1.54) is 0 Å². The summed E-state index contributed by atoms with van der Waals surface area (Å²) in [5, 5.41) is 12.9. The van der Waals surface area contributed by atoms with E-state index in [0.29, 0.717) is 39.1 Å². The minimum atomic E-state index is -0.907. The zero-order chi connectivity index (χ0) is 12.7. The van der Waals surface area contributed by atoms with E-state index in [2.05, 4.69) is 5.32 Å². The summed E-state index contributed by atoms with van der Waals surface area (Å²) in [6.45, 7) is 5.86. The lowest BCUT2D eigenvalue weighted by Crippen LogP contribution is -2.47. The Kier molecular flexibility index (Phi) is 5.88. The molecule has 1 aliphatic rings.